The van der Waals surface area contributed by atoms with Crippen LogP contribution in [0.1, 0.15) is 17.7 Å². The van der Waals surface area contributed by atoms with Gasteiger partial charge in [0.1, 0.15) is 41.6 Å². The van der Waals surface area contributed by atoms with E-state index in [0.717, 1.165) is 26.7 Å². The molecule has 0 bridgehead atoms. The van der Waals surface area contributed by atoms with Crippen LogP contribution in [0.15, 0.2) is 39.1 Å². The van der Waals surface area contributed by atoms with E-state index in [2.05, 4.69) is 25.8 Å². The van der Waals surface area contributed by atoms with Crippen molar-refractivity contribution in [1.29, 1.82) is 0 Å². The number of hydrogen-bond acceptors (Lipinski definition) is 16. The number of fused-ring (bicyclic) bond motifs is 1. The van der Waals surface area contributed by atoms with Gasteiger partial charge in [-0.15, -0.1) is 16.4 Å². The molecule has 5 heterocycles. The lowest BCUT2D eigenvalue weighted by molar-refractivity contribution is -1.01. The largest absolute Gasteiger partial charge is 0.543 e. The van der Waals surface area contributed by atoms with Crippen LogP contribution in [0.4, 0.5) is 5.13 Å². The molecule has 1 unspecified atom stereocenters. The molecule has 5 rings (SSSR count). The summed E-state index contributed by atoms with van der Waals surface area (Å²) in [4.78, 5) is 61.1. The Kier molecular flexibility index (Phi) is 9.99. The van der Waals surface area contributed by atoms with Crippen LogP contribution in [0.2, 0.25) is 4.34 Å². The van der Waals surface area contributed by atoms with Gasteiger partial charge in [0.05, 0.1) is 11.7 Å². The average molecular weight is 715 g/mol. The second-order valence-electron chi connectivity index (χ2n) is 10.5. The molecule has 0 radical (unpaired) electrons. The lowest BCUT2D eigenvalue weighted by Gasteiger charge is -2.50. The number of quaternary nitrogens is 1. The van der Waals surface area contributed by atoms with Crippen molar-refractivity contribution in [2.45, 2.75) is 39.8 Å². The molecule has 4 atom stereocenters. The third kappa shape index (κ3) is 6.94. The fourth-order valence-electron chi connectivity index (χ4n) is 4.89. The van der Waals surface area contributed by atoms with Crippen LogP contribution in [-0.2, 0) is 24.9 Å². The van der Waals surface area contributed by atoms with E-state index in [4.69, 9.17) is 17.3 Å². The van der Waals surface area contributed by atoms with Crippen molar-refractivity contribution in [1.82, 2.24) is 25.5 Å². The highest BCUT2D eigenvalue weighted by atomic mass is 35.5. The smallest absolute Gasteiger partial charge is 0.362 e. The first kappa shape index (κ1) is 33.5. The van der Waals surface area contributed by atoms with Gasteiger partial charge in [-0.1, -0.05) is 39.9 Å². The maximum absolute atomic E-state index is 13.2. The van der Waals surface area contributed by atoms with Gasteiger partial charge in [-0.3, -0.25) is 19.5 Å². The van der Waals surface area contributed by atoms with Crippen molar-refractivity contribution in [3.8, 4) is 0 Å². The van der Waals surface area contributed by atoms with Crippen molar-refractivity contribution >= 4 is 92.8 Å². The zero-order valence-corrected chi connectivity index (χ0v) is 27.7. The van der Waals surface area contributed by atoms with Gasteiger partial charge < -0.3 is 31.5 Å². The van der Waals surface area contributed by atoms with Crippen LogP contribution in [-0.4, -0.2) is 108 Å². The summed E-state index contributed by atoms with van der Waals surface area (Å²) in [6.45, 7) is 0.590. The number of thioether (sulfide) groups is 3. The SMILES string of the molecule is C[N+](C)(O)C(=O)[C@@H]1CC(SCc2cnccc2SC2=C(C(=O)[O-])N3C(=O)[C@@H](NC(=O)/C(=N\O)c4nc(N)sc4Cl)[C@@H]3SC2)CN1. The summed E-state index contributed by atoms with van der Waals surface area (Å²) in [7, 11) is 2.82. The Labute approximate surface area is 278 Å². The molecule has 240 valence electrons. The number of carbonyl (C=O) groups is 4. The second-order valence-corrected chi connectivity index (χ2v) is 15.7. The first-order valence-electron chi connectivity index (χ1n) is 13.2. The highest BCUT2D eigenvalue weighted by Gasteiger charge is 2.53. The Balaban J connectivity index is 1.26. The minimum Gasteiger partial charge on any atom is -0.543 e. The quantitative estimate of drug-likeness (QED) is 0.0549. The summed E-state index contributed by atoms with van der Waals surface area (Å²) in [5.74, 6) is -2.72. The molecule has 0 aliphatic carbocycles. The second kappa shape index (κ2) is 13.4. The number of aromatic nitrogens is 2. The van der Waals surface area contributed by atoms with Crippen molar-refractivity contribution in [3.05, 3.63) is 44.7 Å². The lowest BCUT2D eigenvalue weighted by Crippen LogP contribution is -2.71. The first-order chi connectivity index (χ1) is 21.3. The number of nitrogens with two attached hydrogens (primary N) is 1. The minimum atomic E-state index is -1.54. The number of nitrogen functional groups attached to an aromatic ring is 1. The monoisotopic (exact) mass is 714 g/mol. The summed E-state index contributed by atoms with van der Waals surface area (Å²) in [5, 5.41) is 39.7. The summed E-state index contributed by atoms with van der Waals surface area (Å²) in [5.41, 5.74) is 5.48. The number of aliphatic carboxylic acids is 1. The number of carboxylic acids is 1. The molecule has 2 aromatic heterocycles. The maximum Gasteiger partial charge on any atom is 0.362 e. The number of nitrogens with one attached hydrogen (secondary N) is 2. The Morgan fingerprint density at radius 3 is 2.78 bits per heavy atom. The number of hydroxylamine groups is 3. The minimum absolute atomic E-state index is 0.0195. The van der Waals surface area contributed by atoms with Gasteiger partial charge in [-0.05, 0) is 18.1 Å². The maximum atomic E-state index is 13.2. The first-order valence-corrected chi connectivity index (χ1v) is 17.3. The zero-order valence-electron chi connectivity index (χ0n) is 23.6. The fourth-order valence-corrected chi connectivity index (χ4v) is 9.66. The Hall–Kier alpha value is -2.91. The van der Waals surface area contributed by atoms with E-state index in [1.165, 1.54) is 37.6 Å². The Morgan fingerprint density at radius 2 is 2.13 bits per heavy atom. The van der Waals surface area contributed by atoms with E-state index in [1.54, 1.807) is 30.2 Å². The van der Waals surface area contributed by atoms with Gasteiger partial charge in [0, 0.05) is 45.5 Å². The van der Waals surface area contributed by atoms with E-state index in [1.807, 2.05) is 0 Å². The van der Waals surface area contributed by atoms with Crippen LogP contribution in [0, 0.1) is 0 Å². The number of anilines is 1. The van der Waals surface area contributed by atoms with E-state index in [0.29, 0.717) is 23.6 Å². The highest BCUT2D eigenvalue weighted by Crippen LogP contribution is 2.46. The molecule has 0 saturated carbocycles. The van der Waals surface area contributed by atoms with Crippen molar-refractivity contribution in [2.75, 3.05) is 32.1 Å². The molecule has 20 heteroatoms. The van der Waals surface area contributed by atoms with Gasteiger partial charge in [-0.2, -0.15) is 11.8 Å². The predicted molar refractivity (Wildman–Crippen MR) is 167 cm³/mol. The topological polar surface area (TPSA) is 223 Å². The standard InChI is InChI=1S/C25H27ClN8O7S4/c1-34(2,41)23(37)12-5-11(7-29-12)42-8-10-6-28-4-3-13(10)44-14-9-43-22-17(21(36)33(22)18(14)24(38)39)30-20(35)16(32-40)15-19(26)45-25(27)31-15/h3-4,6,11-12,17,22,29,41H,5,7-9H2,1-2H3,(H4-,27,30,31,35,38,39,40)/t11?,12-,17+,22-/m0/s1. The van der Waals surface area contributed by atoms with Gasteiger partial charge >= 0.3 is 5.91 Å². The molecule has 3 amide bonds. The fraction of sp³-hybridized carbons (Fsp3) is 0.400. The molecular weight excluding hydrogens is 688 g/mol. The summed E-state index contributed by atoms with van der Waals surface area (Å²) in [6.07, 6.45) is 3.83. The Morgan fingerprint density at radius 1 is 1.38 bits per heavy atom. The number of hydrogen-bond donors (Lipinski definition) is 5. The predicted octanol–water partition coefficient (Wildman–Crippen LogP) is 0.0616. The number of β-lactam (4-membered cyclic amide) rings is 1. The normalized spacial score (nSPS) is 23.5. The molecule has 2 aromatic rings. The number of carbonyl (C=O) groups excluding carboxylic acids is 4. The van der Waals surface area contributed by atoms with Gasteiger partial charge in [0.15, 0.2) is 10.8 Å². The molecule has 3 aliphatic heterocycles. The van der Waals surface area contributed by atoms with E-state index in [-0.39, 0.29) is 37.8 Å². The van der Waals surface area contributed by atoms with Gasteiger partial charge in [-0.25, -0.2) is 15.0 Å². The van der Waals surface area contributed by atoms with Crippen molar-refractivity contribution in [3.63, 3.8) is 0 Å². The molecule has 2 fully saturated rings. The molecular formula is C25H27ClN8O7S4. The number of thiazole rings is 1. The molecule has 2 saturated heterocycles. The summed E-state index contributed by atoms with van der Waals surface area (Å²) >= 11 is 11.0. The number of amides is 3. The van der Waals surface area contributed by atoms with Crippen LogP contribution >= 0.6 is 58.2 Å². The molecule has 15 nitrogen and oxygen atoms in total. The van der Waals surface area contributed by atoms with Crippen LogP contribution < -0.4 is 21.5 Å². The average Bonchev–Trinajstić information content (AvgIpc) is 3.60. The number of nitrogens with zero attached hydrogens (tertiary/aromatic N) is 5. The zero-order chi connectivity index (χ0) is 32.6. The number of carboxylic acid groups (broad SMARTS) is 1. The molecule has 45 heavy (non-hydrogen) atoms. The highest BCUT2D eigenvalue weighted by molar-refractivity contribution is 8.06. The van der Waals surface area contributed by atoms with Gasteiger partial charge in [0.25, 0.3) is 11.8 Å². The number of pyridine rings is 1. The number of halogens is 1. The van der Waals surface area contributed by atoms with E-state index < -0.39 is 45.6 Å². The third-order valence-electron chi connectivity index (χ3n) is 7.05. The third-order valence-corrected chi connectivity index (χ3v) is 12.1. The van der Waals surface area contributed by atoms with Crippen LogP contribution in [0.3, 0.4) is 0 Å². The molecule has 3 aliphatic rings. The number of likely N-dealkylation sites (N-methyl/N-ethyl adjacent to an activating group) is 1. The Bertz CT molecular complexity index is 1610. The van der Waals surface area contributed by atoms with Crippen LogP contribution in [0.5, 0.6) is 0 Å². The van der Waals surface area contributed by atoms with Crippen molar-refractivity contribution < 1.29 is 39.3 Å². The molecule has 6 N–H and O–H groups in total. The van der Waals surface area contributed by atoms with E-state index >= 15 is 0 Å². The molecule has 0 spiro atoms. The van der Waals surface area contributed by atoms with E-state index in [9.17, 15) is 34.7 Å². The summed E-state index contributed by atoms with van der Waals surface area (Å²) < 4.78 is -0.736. The summed E-state index contributed by atoms with van der Waals surface area (Å²) in [6, 6.07) is 0.200. The molecule has 0 aromatic carbocycles. The van der Waals surface area contributed by atoms with Crippen molar-refractivity contribution in [2.24, 2.45) is 5.16 Å². The number of rotatable bonds is 10. The number of oxime groups is 1. The lowest BCUT2D eigenvalue weighted by atomic mass is 10.0. The van der Waals surface area contributed by atoms with Crippen LogP contribution in [0.25, 0.3) is 0 Å². The van der Waals surface area contributed by atoms with Gasteiger partial charge in [0.2, 0.25) is 0 Å².